The first-order valence-electron chi connectivity index (χ1n) is 9.64. The second kappa shape index (κ2) is 9.27. The van der Waals surface area contributed by atoms with E-state index in [1.807, 2.05) is 0 Å². The number of nitrogens with zero attached hydrogens (tertiary/aromatic N) is 4. The SMILES string of the molecule is O=C(Nc1ccc(F)cc1)c1nnc(CN2CCN(C(=O)c3cccc(F)c3)CC2)s1. The maximum Gasteiger partial charge on any atom is 0.286 e. The van der Waals surface area contributed by atoms with Crippen molar-refractivity contribution in [1.29, 1.82) is 0 Å². The van der Waals surface area contributed by atoms with Crippen molar-refractivity contribution >= 4 is 28.8 Å². The van der Waals surface area contributed by atoms with Crippen LogP contribution in [0.4, 0.5) is 14.5 Å². The molecule has 0 saturated carbocycles. The van der Waals surface area contributed by atoms with E-state index in [2.05, 4.69) is 20.4 Å². The van der Waals surface area contributed by atoms with Crippen molar-refractivity contribution in [3.8, 4) is 0 Å². The van der Waals surface area contributed by atoms with Crippen LogP contribution in [0.5, 0.6) is 0 Å². The fourth-order valence-corrected chi connectivity index (χ4v) is 4.01. The topological polar surface area (TPSA) is 78.4 Å². The highest BCUT2D eigenvalue weighted by Crippen LogP contribution is 2.17. The lowest BCUT2D eigenvalue weighted by molar-refractivity contribution is 0.0627. The minimum Gasteiger partial charge on any atom is -0.336 e. The molecule has 10 heteroatoms. The van der Waals surface area contributed by atoms with Gasteiger partial charge in [0.05, 0.1) is 6.54 Å². The Morgan fingerprint density at radius 2 is 1.71 bits per heavy atom. The number of rotatable bonds is 5. The molecule has 1 aliphatic heterocycles. The van der Waals surface area contributed by atoms with Gasteiger partial charge >= 0.3 is 0 Å². The molecule has 2 heterocycles. The van der Waals surface area contributed by atoms with Crippen molar-refractivity contribution in [3.05, 3.63) is 75.7 Å². The number of aromatic nitrogens is 2. The van der Waals surface area contributed by atoms with Crippen LogP contribution >= 0.6 is 11.3 Å². The van der Waals surface area contributed by atoms with Gasteiger partial charge in [0, 0.05) is 37.4 Å². The number of piperazine rings is 1. The summed E-state index contributed by atoms with van der Waals surface area (Å²) in [5.74, 6) is -1.40. The number of benzene rings is 2. The highest BCUT2D eigenvalue weighted by atomic mass is 32.1. The number of hydrogen-bond acceptors (Lipinski definition) is 6. The van der Waals surface area contributed by atoms with Crippen molar-refractivity contribution in [1.82, 2.24) is 20.0 Å². The van der Waals surface area contributed by atoms with E-state index in [0.717, 1.165) is 0 Å². The van der Waals surface area contributed by atoms with Crippen LogP contribution < -0.4 is 5.32 Å². The van der Waals surface area contributed by atoms with Gasteiger partial charge in [-0.1, -0.05) is 17.4 Å². The lowest BCUT2D eigenvalue weighted by atomic mass is 10.1. The zero-order valence-electron chi connectivity index (χ0n) is 16.4. The summed E-state index contributed by atoms with van der Waals surface area (Å²) in [7, 11) is 0. The fraction of sp³-hybridized carbons (Fsp3) is 0.238. The van der Waals surface area contributed by atoms with Crippen LogP contribution in [0.1, 0.15) is 25.2 Å². The van der Waals surface area contributed by atoms with Crippen LogP contribution in [0, 0.1) is 11.6 Å². The maximum absolute atomic E-state index is 13.4. The summed E-state index contributed by atoms with van der Waals surface area (Å²) in [6.07, 6.45) is 0. The summed E-state index contributed by atoms with van der Waals surface area (Å²) in [4.78, 5) is 28.6. The van der Waals surface area contributed by atoms with E-state index < -0.39 is 11.7 Å². The Bertz CT molecular complexity index is 1080. The molecule has 0 radical (unpaired) electrons. The molecule has 1 saturated heterocycles. The Hall–Kier alpha value is -3.24. The molecule has 7 nitrogen and oxygen atoms in total. The zero-order valence-corrected chi connectivity index (χ0v) is 17.2. The van der Waals surface area contributed by atoms with Gasteiger partial charge in [0.2, 0.25) is 5.01 Å². The van der Waals surface area contributed by atoms with Crippen LogP contribution in [-0.4, -0.2) is 58.0 Å². The molecule has 2 amide bonds. The number of hydrogen-bond donors (Lipinski definition) is 1. The number of carbonyl (C=O) groups is 2. The number of anilines is 1. The smallest absolute Gasteiger partial charge is 0.286 e. The molecule has 0 unspecified atom stereocenters. The molecule has 1 fully saturated rings. The third-order valence-electron chi connectivity index (χ3n) is 4.85. The molecule has 31 heavy (non-hydrogen) atoms. The summed E-state index contributed by atoms with van der Waals surface area (Å²) in [5.41, 5.74) is 0.816. The molecule has 0 atom stereocenters. The van der Waals surface area contributed by atoms with Gasteiger partial charge in [-0.15, -0.1) is 10.2 Å². The minimum atomic E-state index is -0.431. The molecule has 3 aromatic rings. The Balaban J connectivity index is 1.29. The second-order valence-corrected chi connectivity index (χ2v) is 8.10. The van der Waals surface area contributed by atoms with E-state index in [1.54, 1.807) is 11.0 Å². The summed E-state index contributed by atoms with van der Waals surface area (Å²) >= 11 is 1.19. The number of nitrogens with one attached hydrogen (secondary N) is 1. The standard InChI is InChI=1S/C21H19F2N5O2S/c22-15-4-6-17(7-5-15)24-19(29)20-26-25-18(31-20)13-27-8-10-28(11-9-27)21(30)14-2-1-3-16(23)12-14/h1-7,12H,8-11,13H2,(H,24,29). The summed E-state index contributed by atoms with van der Waals surface area (Å²) in [6.45, 7) is 2.83. The van der Waals surface area contributed by atoms with Gasteiger partial charge in [-0.25, -0.2) is 8.78 Å². The van der Waals surface area contributed by atoms with Gasteiger partial charge in [0.1, 0.15) is 16.6 Å². The average Bonchev–Trinajstić information content (AvgIpc) is 3.24. The Morgan fingerprint density at radius 1 is 0.968 bits per heavy atom. The number of carbonyl (C=O) groups excluding carboxylic acids is 2. The van der Waals surface area contributed by atoms with Crippen LogP contribution in [-0.2, 0) is 6.54 Å². The largest absolute Gasteiger partial charge is 0.336 e. The van der Waals surface area contributed by atoms with Gasteiger partial charge in [-0.05, 0) is 42.5 Å². The normalized spacial score (nSPS) is 14.5. The molecule has 2 aromatic carbocycles. The number of halogens is 2. The molecule has 0 aliphatic carbocycles. The van der Waals surface area contributed by atoms with Gasteiger partial charge in [-0.3, -0.25) is 14.5 Å². The highest BCUT2D eigenvalue weighted by molar-refractivity contribution is 7.13. The molecule has 1 aliphatic rings. The van der Waals surface area contributed by atoms with Crippen molar-refractivity contribution in [2.75, 3.05) is 31.5 Å². The third-order valence-corrected chi connectivity index (χ3v) is 5.76. The van der Waals surface area contributed by atoms with Gasteiger partial charge in [0.15, 0.2) is 0 Å². The third kappa shape index (κ3) is 5.28. The molecule has 0 bridgehead atoms. The predicted octanol–water partition coefficient (Wildman–Crippen LogP) is 3.03. The second-order valence-electron chi connectivity index (χ2n) is 7.04. The van der Waals surface area contributed by atoms with Gasteiger partial charge < -0.3 is 10.2 Å². The summed E-state index contributed by atoms with van der Waals surface area (Å²) in [5, 5.41) is 11.6. The van der Waals surface area contributed by atoms with Crippen molar-refractivity contribution in [2.24, 2.45) is 0 Å². The van der Waals surface area contributed by atoms with E-state index in [1.165, 1.54) is 53.8 Å². The molecule has 4 rings (SSSR count). The van der Waals surface area contributed by atoms with Crippen molar-refractivity contribution < 1.29 is 18.4 Å². The van der Waals surface area contributed by atoms with Gasteiger partial charge in [0.25, 0.3) is 11.8 Å². The number of amides is 2. The maximum atomic E-state index is 13.4. The van der Waals surface area contributed by atoms with Crippen molar-refractivity contribution in [2.45, 2.75) is 6.54 Å². The van der Waals surface area contributed by atoms with E-state index in [0.29, 0.717) is 49.0 Å². The molecular formula is C21H19F2N5O2S. The van der Waals surface area contributed by atoms with E-state index in [4.69, 9.17) is 0 Å². The Kier molecular flexibility index (Phi) is 6.28. The summed E-state index contributed by atoms with van der Waals surface area (Å²) in [6, 6.07) is 11.2. The summed E-state index contributed by atoms with van der Waals surface area (Å²) < 4.78 is 26.3. The fourth-order valence-electron chi connectivity index (χ4n) is 3.23. The molecule has 0 spiro atoms. The molecule has 1 aromatic heterocycles. The predicted molar refractivity (Wildman–Crippen MR) is 112 cm³/mol. The van der Waals surface area contributed by atoms with Crippen LogP contribution in [0.2, 0.25) is 0 Å². The Morgan fingerprint density at radius 3 is 2.42 bits per heavy atom. The lowest BCUT2D eigenvalue weighted by Crippen LogP contribution is -2.48. The molecule has 160 valence electrons. The zero-order chi connectivity index (χ0) is 21.8. The van der Waals surface area contributed by atoms with Crippen LogP contribution in [0.25, 0.3) is 0 Å². The first-order valence-corrected chi connectivity index (χ1v) is 10.5. The van der Waals surface area contributed by atoms with E-state index >= 15 is 0 Å². The first-order chi connectivity index (χ1) is 15.0. The highest BCUT2D eigenvalue weighted by Gasteiger charge is 2.23. The molecular weight excluding hydrogens is 424 g/mol. The quantitative estimate of drug-likeness (QED) is 0.656. The van der Waals surface area contributed by atoms with E-state index in [-0.39, 0.29) is 16.7 Å². The average molecular weight is 443 g/mol. The lowest BCUT2D eigenvalue weighted by Gasteiger charge is -2.34. The first kappa shape index (κ1) is 21.0. The van der Waals surface area contributed by atoms with Crippen molar-refractivity contribution in [3.63, 3.8) is 0 Å². The Labute approximate surface area is 181 Å². The van der Waals surface area contributed by atoms with Gasteiger partial charge in [-0.2, -0.15) is 0 Å². The monoisotopic (exact) mass is 443 g/mol. The van der Waals surface area contributed by atoms with Crippen LogP contribution in [0.15, 0.2) is 48.5 Å². The van der Waals surface area contributed by atoms with Crippen LogP contribution in [0.3, 0.4) is 0 Å². The van der Waals surface area contributed by atoms with E-state index in [9.17, 15) is 18.4 Å². The minimum absolute atomic E-state index is 0.185. The molecule has 1 N–H and O–H groups in total.